The Morgan fingerprint density at radius 2 is 1.88 bits per heavy atom. The molecule has 0 spiro atoms. The molecule has 1 heterocycles. The van der Waals surface area contributed by atoms with Crippen LogP contribution in [0.3, 0.4) is 0 Å². The monoisotopic (exact) mass is 223 g/mol. The average molecular weight is 223 g/mol. The number of benzene rings is 2. The lowest BCUT2D eigenvalue weighted by molar-refractivity contribution is 0.112. The van der Waals surface area contributed by atoms with Crippen LogP contribution in [0.2, 0.25) is 0 Å². The molecule has 2 nitrogen and oxygen atoms in total. The van der Waals surface area contributed by atoms with Gasteiger partial charge in [0.2, 0.25) is 0 Å². The highest BCUT2D eigenvalue weighted by molar-refractivity contribution is 6.11. The van der Waals surface area contributed by atoms with E-state index in [0.29, 0.717) is 0 Å². The van der Waals surface area contributed by atoms with Crippen LogP contribution in [0.15, 0.2) is 30.3 Å². The fourth-order valence-corrected chi connectivity index (χ4v) is 2.58. The first kappa shape index (κ1) is 10.1. The summed E-state index contributed by atoms with van der Waals surface area (Å²) in [6, 6.07) is 10.2. The van der Waals surface area contributed by atoms with E-state index < -0.39 is 0 Å². The van der Waals surface area contributed by atoms with Crippen LogP contribution in [0.1, 0.15) is 21.5 Å². The first-order chi connectivity index (χ1) is 8.22. The highest BCUT2D eigenvalue weighted by atomic mass is 16.1. The minimum Gasteiger partial charge on any atom is -0.354 e. The molecule has 3 rings (SSSR count). The average Bonchev–Trinajstić information content (AvgIpc) is 2.67. The Hall–Kier alpha value is -2.09. The number of rotatable bonds is 1. The molecule has 17 heavy (non-hydrogen) atoms. The van der Waals surface area contributed by atoms with E-state index in [0.717, 1.165) is 39.4 Å². The van der Waals surface area contributed by atoms with E-state index in [9.17, 15) is 4.79 Å². The normalized spacial score (nSPS) is 11.2. The van der Waals surface area contributed by atoms with Crippen molar-refractivity contribution in [1.29, 1.82) is 0 Å². The van der Waals surface area contributed by atoms with Gasteiger partial charge in [-0.2, -0.15) is 0 Å². The molecule has 1 N–H and O–H groups in total. The Labute approximate surface area is 99.3 Å². The standard InChI is InChI=1S/C15H13NO/c1-9-7-14-15(10(2)12(9)8-17)11-5-3-4-6-13(11)16-14/h3-8,16H,1-2H3. The van der Waals surface area contributed by atoms with E-state index in [4.69, 9.17) is 0 Å². The zero-order chi connectivity index (χ0) is 12.0. The van der Waals surface area contributed by atoms with Gasteiger partial charge in [-0.15, -0.1) is 0 Å². The van der Waals surface area contributed by atoms with E-state index in [2.05, 4.69) is 17.1 Å². The molecule has 0 aliphatic carbocycles. The van der Waals surface area contributed by atoms with Crippen molar-refractivity contribution in [2.45, 2.75) is 13.8 Å². The number of para-hydroxylation sites is 1. The lowest BCUT2D eigenvalue weighted by atomic mass is 9.98. The van der Waals surface area contributed by atoms with Crippen molar-refractivity contribution in [3.05, 3.63) is 47.0 Å². The van der Waals surface area contributed by atoms with Crippen molar-refractivity contribution in [2.24, 2.45) is 0 Å². The highest BCUT2D eigenvalue weighted by Crippen LogP contribution is 2.30. The van der Waals surface area contributed by atoms with Gasteiger partial charge in [0, 0.05) is 27.4 Å². The number of aldehydes is 1. The van der Waals surface area contributed by atoms with Crippen molar-refractivity contribution in [3.63, 3.8) is 0 Å². The molecule has 84 valence electrons. The van der Waals surface area contributed by atoms with E-state index in [1.807, 2.05) is 32.0 Å². The summed E-state index contributed by atoms with van der Waals surface area (Å²) in [7, 11) is 0. The Morgan fingerprint density at radius 3 is 2.65 bits per heavy atom. The molecule has 0 bridgehead atoms. The Bertz CT molecular complexity index is 737. The SMILES string of the molecule is Cc1cc2[nH]c3ccccc3c2c(C)c1C=O. The number of aromatic amines is 1. The maximum atomic E-state index is 11.1. The zero-order valence-electron chi connectivity index (χ0n) is 9.87. The minimum absolute atomic E-state index is 0.808. The van der Waals surface area contributed by atoms with Gasteiger partial charge in [-0.05, 0) is 37.1 Å². The van der Waals surface area contributed by atoms with Crippen LogP contribution in [0.25, 0.3) is 21.8 Å². The summed E-state index contributed by atoms with van der Waals surface area (Å²) in [4.78, 5) is 14.5. The summed E-state index contributed by atoms with van der Waals surface area (Å²) in [5.74, 6) is 0. The molecule has 0 atom stereocenters. The second-order valence-corrected chi connectivity index (χ2v) is 4.44. The number of aryl methyl sites for hydroxylation is 2. The molecule has 1 aromatic heterocycles. The van der Waals surface area contributed by atoms with Gasteiger partial charge < -0.3 is 4.98 Å². The third-order valence-corrected chi connectivity index (χ3v) is 3.42. The molecular weight excluding hydrogens is 210 g/mol. The van der Waals surface area contributed by atoms with E-state index >= 15 is 0 Å². The van der Waals surface area contributed by atoms with Crippen molar-refractivity contribution < 1.29 is 4.79 Å². The molecule has 2 aromatic carbocycles. The summed E-state index contributed by atoms with van der Waals surface area (Å²) < 4.78 is 0. The van der Waals surface area contributed by atoms with Crippen molar-refractivity contribution in [2.75, 3.05) is 0 Å². The van der Waals surface area contributed by atoms with Gasteiger partial charge in [-0.3, -0.25) is 4.79 Å². The third-order valence-electron chi connectivity index (χ3n) is 3.42. The summed E-state index contributed by atoms with van der Waals surface area (Å²) in [5.41, 5.74) is 5.12. The zero-order valence-corrected chi connectivity index (χ0v) is 9.87. The van der Waals surface area contributed by atoms with E-state index in [1.165, 1.54) is 5.39 Å². The molecule has 0 saturated heterocycles. The van der Waals surface area contributed by atoms with E-state index in [1.54, 1.807) is 0 Å². The summed E-state index contributed by atoms with van der Waals surface area (Å²) >= 11 is 0. The van der Waals surface area contributed by atoms with Crippen molar-refractivity contribution in [3.8, 4) is 0 Å². The number of aromatic nitrogens is 1. The van der Waals surface area contributed by atoms with Crippen LogP contribution in [0.4, 0.5) is 0 Å². The second kappa shape index (κ2) is 3.45. The first-order valence-electron chi connectivity index (χ1n) is 5.68. The molecule has 0 amide bonds. The molecule has 0 unspecified atom stereocenters. The smallest absolute Gasteiger partial charge is 0.150 e. The quantitative estimate of drug-likeness (QED) is 0.626. The fourth-order valence-electron chi connectivity index (χ4n) is 2.58. The molecule has 0 radical (unpaired) electrons. The summed E-state index contributed by atoms with van der Waals surface area (Å²) in [6.45, 7) is 3.99. The second-order valence-electron chi connectivity index (χ2n) is 4.44. The lowest BCUT2D eigenvalue weighted by Crippen LogP contribution is -1.91. The van der Waals surface area contributed by atoms with Crippen LogP contribution >= 0.6 is 0 Å². The van der Waals surface area contributed by atoms with Gasteiger partial charge in [-0.1, -0.05) is 18.2 Å². The lowest BCUT2D eigenvalue weighted by Gasteiger charge is -2.05. The number of fused-ring (bicyclic) bond motifs is 3. The number of carbonyl (C=O) groups excluding carboxylic acids is 1. The minimum atomic E-state index is 0.808. The number of H-pyrrole nitrogens is 1. The van der Waals surface area contributed by atoms with Gasteiger partial charge in [0.25, 0.3) is 0 Å². The third kappa shape index (κ3) is 1.30. The maximum absolute atomic E-state index is 11.1. The molecular formula is C15H13NO. The molecule has 0 saturated carbocycles. The van der Waals surface area contributed by atoms with Crippen LogP contribution in [0.5, 0.6) is 0 Å². The molecule has 2 heteroatoms. The van der Waals surface area contributed by atoms with E-state index in [-0.39, 0.29) is 0 Å². The molecule has 0 aliphatic heterocycles. The number of nitrogens with one attached hydrogen (secondary N) is 1. The maximum Gasteiger partial charge on any atom is 0.150 e. The highest BCUT2D eigenvalue weighted by Gasteiger charge is 2.11. The Morgan fingerprint density at radius 1 is 1.12 bits per heavy atom. The number of hydrogen-bond acceptors (Lipinski definition) is 1. The fraction of sp³-hybridized carbons (Fsp3) is 0.133. The van der Waals surface area contributed by atoms with Crippen molar-refractivity contribution in [1.82, 2.24) is 4.98 Å². The number of hydrogen-bond donors (Lipinski definition) is 1. The predicted octanol–water partition coefficient (Wildman–Crippen LogP) is 3.75. The predicted molar refractivity (Wildman–Crippen MR) is 70.7 cm³/mol. The number of carbonyl (C=O) groups is 1. The molecule has 0 aliphatic rings. The van der Waals surface area contributed by atoms with Gasteiger partial charge in [0.15, 0.2) is 6.29 Å². The van der Waals surface area contributed by atoms with Gasteiger partial charge in [-0.25, -0.2) is 0 Å². The summed E-state index contributed by atoms with van der Waals surface area (Å²) in [6.07, 6.45) is 0.950. The van der Waals surface area contributed by atoms with Crippen LogP contribution in [-0.2, 0) is 0 Å². The van der Waals surface area contributed by atoms with Gasteiger partial charge in [0.1, 0.15) is 0 Å². The van der Waals surface area contributed by atoms with Crippen LogP contribution in [-0.4, -0.2) is 11.3 Å². The van der Waals surface area contributed by atoms with Crippen molar-refractivity contribution >= 4 is 28.1 Å². The topological polar surface area (TPSA) is 32.9 Å². The molecule has 3 aromatic rings. The molecule has 0 fully saturated rings. The van der Waals surface area contributed by atoms with Crippen LogP contribution < -0.4 is 0 Å². The van der Waals surface area contributed by atoms with Gasteiger partial charge in [0.05, 0.1) is 0 Å². The Balaban J connectivity index is 2.60. The van der Waals surface area contributed by atoms with Gasteiger partial charge >= 0.3 is 0 Å². The largest absolute Gasteiger partial charge is 0.354 e. The Kier molecular flexibility index (Phi) is 2.05. The summed E-state index contributed by atoms with van der Waals surface area (Å²) in [5, 5.41) is 2.34. The van der Waals surface area contributed by atoms with Crippen LogP contribution in [0, 0.1) is 13.8 Å². The first-order valence-corrected chi connectivity index (χ1v) is 5.68.